The second kappa shape index (κ2) is 13.7. The fourth-order valence-corrected chi connectivity index (χ4v) is 5.02. The highest BCUT2D eigenvalue weighted by atomic mass is 35.5. The smallest absolute Gasteiger partial charge is 0.230 e. The number of benzene rings is 2. The predicted octanol–water partition coefficient (Wildman–Crippen LogP) is 6.13. The number of para-hydroxylation sites is 1. The van der Waals surface area contributed by atoms with Gasteiger partial charge in [0.05, 0.1) is 31.2 Å². The fraction of sp³-hybridized carbons (Fsp3) is 0.241. The van der Waals surface area contributed by atoms with E-state index in [0.29, 0.717) is 16.6 Å². The monoisotopic (exact) mass is 548 g/mol. The van der Waals surface area contributed by atoms with E-state index in [1.165, 1.54) is 11.3 Å². The van der Waals surface area contributed by atoms with Gasteiger partial charge in [-0.3, -0.25) is 9.59 Å². The van der Waals surface area contributed by atoms with Crippen LogP contribution in [0.3, 0.4) is 0 Å². The van der Waals surface area contributed by atoms with Gasteiger partial charge in [0.1, 0.15) is 16.6 Å². The Morgan fingerprint density at radius 1 is 0.842 bits per heavy atom. The molecule has 0 aliphatic carbocycles. The largest absolute Gasteiger partial charge is 0.496 e. The van der Waals surface area contributed by atoms with E-state index >= 15 is 0 Å². The average Bonchev–Trinajstić information content (AvgIpc) is 3.36. The van der Waals surface area contributed by atoms with E-state index in [-0.39, 0.29) is 24.7 Å². The highest BCUT2D eigenvalue weighted by Crippen LogP contribution is 2.23. The van der Waals surface area contributed by atoms with Crippen molar-refractivity contribution in [2.75, 3.05) is 17.7 Å². The van der Waals surface area contributed by atoms with Crippen LogP contribution in [0.15, 0.2) is 73.1 Å². The van der Waals surface area contributed by atoms with Crippen molar-refractivity contribution in [1.29, 1.82) is 0 Å². The maximum absolute atomic E-state index is 12.4. The highest BCUT2D eigenvalue weighted by Gasteiger charge is 2.11. The number of nitrogens with zero attached hydrogens (tertiary/aromatic N) is 2. The lowest BCUT2D eigenvalue weighted by molar-refractivity contribution is -0.116. The first-order valence-electron chi connectivity index (χ1n) is 12.3. The van der Waals surface area contributed by atoms with Crippen molar-refractivity contribution in [3.8, 4) is 5.75 Å². The molecule has 0 saturated carbocycles. The second-order valence-electron chi connectivity index (χ2n) is 8.73. The number of hydrogen-bond acceptors (Lipinski definition) is 6. The topological polar surface area (TPSA) is 93.2 Å². The number of ether oxygens (including phenoxy) is 1. The van der Waals surface area contributed by atoms with Crippen molar-refractivity contribution in [2.45, 2.75) is 38.5 Å². The third-order valence-electron chi connectivity index (χ3n) is 5.87. The van der Waals surface area contributed by atoms with Crippen molar-refractivity contribution < 1.29 is 14.3 Å². The van der Waals surface area contributed by atoms with Crippen LogP contribution >= 0.6 is 22.9 Å². The first-order chi connectivity index (χ1) is 18.5. The van der Waals surface area contributed by atoms with Gasteiger partial charge in [-0.15, -0.1) is 11.3 Å². The van der Waals surface area contributed by atoms with E-state index in [1.54, 1.807) is 25.6 Å². The molecule has 0 aliphatic rings. The highest BCUT2D eigenvalue weighted by molar-refractivity contribution is 7.15. The van der Waals surface area contributed by atoms with Crippen LogP contribution in [0.5, 0.6) is 5.75 Å². The number of halogens is 1. The lowest BCUT2D eigenvalue weighted by atomic mass is 10.1. The van der Waals surface area contributed by atoms with Gasteiger partial charge in [-0.1, -0.05) is 54.1 Å². The molecule has 2 heterocycles. The molecule has 0 saturated heterocycles. The Balaban J connectivity index is 1.16. The van der Waals surface area contributed by atoms with Gasteiger partial charge < -0.3 is 15.4 Å². The molecule has 0 radical (unpaired) electrons. The van der Waals surface area contributed by atoms with Gasteiger partial charge in [0.15, 0.2) is 0 Å². The summed E-state index contributed by atoms with van der Waals surface area (Å²) in [6, 6.07) is 18.6. The third kappa shape index (κ3) is 8.13. The molecule has 38 heavy (non-hydrogen) atoms. The summed E-state index contributed by atoms with van der Waals surface area (Å²) in [6.07, 6.45) is 7.63. The van der Waals surface area contributed by atoms with Gasteiger partial charge in [0, 0.05) is 16.8 Å². The standard InChI is InChI=1S/C29H29ClN4O3S/c1-37-24-12-6-4-10-22(24)17-27(36)34-29-19-32-28(38-29)13-7-2-8-20-14-15-25(31-18-20)33-26(35)16-21-9-3-5-11-23(21)30/h3-6,9-12,14-15,18-19H,2,7-8,13,16-17H2,1H3,(H,34,36)(H,31,33,35). The van der Waals surface area contributed by atoms with Crippen LogP contribution in [-0.2, 0) is 35.3 Å². The molecular formula is C29H29ClN4O3S. The lowest BCUT2D eigenvalue weighted by Gasteiger charge is -2.07. The van der Waals surface area contributed by atoms with Crippen LogP contribution in [0, 0.1) is 0 Å². The number of rotatable bonds is 12. The number of carbonyl (C=O) groups excluding carboxylic acids is 2. The van der Waals surface area contributed by atoms with Gasteiger partial charge in [0.25, 0.3) is 0 Å². The number of methoxy groups -OCH3 is 1. The van der Waals surface area contributed by atoms with Gasteiger partial charge in [-0.05, 0) is 55.0 Å². The first-order valence-corrected chi connectivity index (χ1v) is 13.5. The Morgan fingerprint density at radius 2 is 1.55 bits per heavy atom. The summed E-state index contributed by atoms with van der Waals surface area (Å²) in [5, 5.41) is 8.06. The molecule has 0 fully saturated rings. The van der Waals surface area contributed by atoms with Crippen LogP contribution in [-0.4, -0.2) is 28.9 Å². The van der Waals surface area contributed by atoms with Gasteiger partial charge in [-0.25, -0.2) is 9.97 Å². The zero-order valence-corrected chi connectivity index (χ0v) is 22.6. The van der Waals surface area contributed by atoms with Crippen molar-refractivity contribution in [2.24, 2.45) is 0 Å². The molecule has 2 aromatic heterocycles. The number of carbonyl (C=O) groups is 2. The Morgan fingerprint density at radius 3 is 2.32 bits per heavy atom. The minimum absolute atomic E-state index is 0.0966. The lowest BCUT2D eigenvalue weighted by Crippen LogP contribution is -2.15. The molecule has 0 bridgehead atoms. The Kier molecular flexibility index (Phi) is 9.84. The molecule has 2 N–H and O–H groups in total. The van der Waals surface area contributed by atoms with E-state index < -0.39 is 0 Å². The van der Waals surface area contributed by atoms with Crippen LogP contribution in [0.25, 0.3) is 0 Å². The number of hydrogen-bond donors (Lipinski definition) is 2. The van der Waals surface area contributed by atoms with Crippen LogP contribution in [0.1, 0.15) is 34.5 Å². The molecule has 2 aromatic carbocycles. The molecule has 196 valence electrons. The normalized spacial score (nSPS) is 10.7. The molecule has 0 spiro atoms. The quantitative estimate of drug-likeness (QED) is 0.208. The van der Waals surface area contributed by atoms with Gasteiger partial charge in [-0.2, -0.15) is 0 Å². The third-order valence-corrected chi connectivity index (χ3v) is 7.21. The Hall–Kier alpha value is -3.75. The average molecular weight is 549 g/mol. The van der Waals surface area contributed by atoms with Gasteiger partial charge in [0.2, 0.25) is 11.8 Å². The number of pyridine rings is 1. The summed E-state index contributed by atoms with van der Waals surface area (Å²) in [5.41, 5.74) is 2.74. The van der Waals surface area contributed by atoms with Crippen LogP contribution in [0.2, 0.25) is 5.02 Å². The van der Waals surface area contributed by atoms with E-state index in [9.17, 15) is 9.59 Å². The number of amides is 2. The van der Waals surface area contributed by atoms with E-state index in [4.69, 9.17) is 16.3 Å². The molecule has 4 aromatic rings. The number of nitrogens with one attached hydrogen (secondary N) is 2. The summed E-state index contributed by atoms with van der Waals surface area (Å²) < 4.78 is 5.32. The number of aryl methyl sites for hydroxylation is 2. The Bertz CT molecular complexity index is 1370. The summed E-state index contributed by atoms with van der Waals surface area (Å²) in [7, 11) is 1.60. The zero-order valence-electron chi connectivity index (χ0n) is 21.1. The predicted molar refractivity (Wildman–Crippen MR) is 152 cm³/mol. The van der Waals surface area contributed by atoms with Crippen molar-refractivity contribution in [1.82, 2.24) is 9.97 Å². The molecule has 7 nitrogen and oxygen atoms in total. The molecular weight excluding hydrogens is 520 g/mol. The number of anilines is 2. The van der Waals surface area contributed by atoms with Crippen LogP contribution < -0.4 is 15.4 Å². The summed E-state index contributed by atoms with van der Waals surface area (Å²) >= 11 is 7.63. The van der Waals surface area contributed by atoms with Gasteiger partial charge >= 0.3 is 0 Å². The van der Waals surface area contributed by atoms with E-state index in [0.717, 1.165) is 52.4 Å². The minimum Gasteiger partial charge on any atom is -0.496 e. The first kappa shape index (κ1) is 27.3. The second-order valence-corrected chi connectivity index (χ2v) is 10.3. The Labute approximate surface area is 231 Å². The molecule has 0 unspecified atom stereocenters. The fourth-order valence-electron chi connectivity index (χ4n) is 3.94. The maximum Gasteiger partial charge on any atom is 0.230 e. The van der Waals surface area contributed by atoms with Crippen molar-refractivity contribution in [3.63, 3.8) is 0 Å². The molecule has 9 heteroatoms. The maximum atomic E-state index is 12.4. The molecule has 0 aliphatic heterocycles. The SMILES string of the molecule is COc1ccccc1CC(=O)Nc1cnc(CCCCc2ccc(NC(=O)Cc3ccccc3Cl)nc2)s1. The number of unbranched alkanes of at least 4 members (excludes halogenated alkanes) is 1. The minimum atomic E-state index is -0.155. The molecule has 0 atom stereocenters. The number of aromatic nitrogens is 2. The van der Waals surface area contributed by atoms with Crippen LogP contribution in [0.4, 0.5) is 10.8 Å². The van der Waals surface area contributed by atoms with E-state index in [1.807, 2.05) is 54.6 Å². The molecule has 2 amide bonds. The van der Waals surface area contributed by atoms with Crippen molar-refractivity contribution >= 4 is 45.6 Å². The summed E-state index contributed by atoms with van der Waals surface area (Å²) in [4.78, 5) is 33.5. The zero-order chi connectivity index (χ0) is 26.7. The van der Waals surface area contributed by atoms with E-state index in [2.05, 4.69) is 20.6 Å². The summed E-state index contributed by atoms with van der Waals surface area (Å²) in [5.74, 6) is 0.974. The van der Waals surface area contributed by atoms with Crippen molar-refractivity contribution in [3.05, 3.63) is 99.8 Å². The molecule has 4 rings (SSSR count). The summed E-state index contributed by atoms with van der Waals surface area (Å²) in [6.45, 7) is 0. The number of thiazole rings is 1.